The van der Waals surface area contributed by atoms with Crippen LogP contribution in [0.4, 0.5) is 0 Å². The van der Waals surface area contributed by atoms with Crippen molar-refractivity contribution in [2.75, 3.05) is 13.1 Å². The molecule has 0 spiro atoms. The Morgan fingerprint density at radius 3 is 2.35 bits per heavy atom. The predicted molar refractivity (Wildman–Crippen MR) is 117 cm³/mol. The molecule has 1 aromatic heterocycles. The molecule has 0 aliphatic carbocycles. The minimum atomic E-state index is -0.720. The average Bonchev–Trinajstić information content (AvgIpc) is 3.38. The number of carbonyl (C=O) groups is 1. The van der Waals surface area contributed by atoms with Crippen molar-refractivity contribution in [2.24, 2.45) is 5.73 Å². The summed E-state index contributed by atoms with van der Waals surface area (Å²) < 4.78 is 1.54. The number of nitrogens with two attached hydrogens (primary N) is 1. The molecule has 162 valence electrons. The number of carbonyl (C=O) groups excluding carboxylic acids is 1. The highest BCUT2D eigenvalue weighted by molar-refractivity contribution is 5.90. The van der Waals surface area contributed by atoms with E-state index in [2.05, 4.69) is 15.1 Å². The molecule has 1 fully saturated rings. The maximum Gasteiger partial charge on any atom is 0.287 e. The van der Waals surface area contributed by atoms with Crippen molar-refractivity contribution in [1.82, 2.24) is 19.7 Å². The van der Waals surface area contributed by atoms with E-state index >= 15 is 0 Å². The zero-order valence-corrected chi connectivity index (χ0v) is 17.7. The number of phenols is 2. The van der Waals surface area contributed by atoms with Crippen molar-refractivity contribution in [3.8, 4) is 28.6 Å². The van der Waals surface area contributed by atoms with E-state index in [4.69, 9.17) is 5.73 Å². The molecule has 2 aromatic carbocycles. The van der Waals surface area contributed by atoms with Gasteiger partial charge in [0.1, 0.15) is 11.5 Å². The Kier molecular flexibility index (Phi) is 5.65. The third-order valence-electron chi connectivity index (χ3n) is 5.69. The molecule has 0 saturated carbocycles. The van der Waals surface area contributed by atoms with Crippen LogP contribution in [-0.4, -0.2) is 48.9 Å². The van der Waals surface area contributed by atoms with E-state index in [1.807, 2.05) is 38.1 Å². The molecule has 31 heavy (non-hydrogen) atoms. The van der Waals surface area contributed by atoms with E-state index in [9.17, 15) is 15.0 Å². The fourth-order valence-electron chi connectivity index (χ4n) is 4.05. The first-order valence-electron chi connectivity index (χ1n) is 10.5. The van der Waals surface area contributed by atoms with Crippen molar-refractivity contribution in [2.45, 2.75) is 39.2 Å². The number of hydrogen-bond acceptors (Lipinski definition) is 6. The molecule has 1 amide bonds. The molecule has 8 heteroatoms. The number of phenolic OH excluding ortho intramolecular Hbond substituents is 2. The first-order valence-corrected chi connectivity index (χ1v) is 10.5. The number of likely N-dealkylation sites (tertiary alicyclic amines) is 1. The molecule has 1 aliphatic rings. The van der Waals surface area contributed by atoms with E-state index in [1.165, 1.54) is 29.0 Å². The highest BCUT2D eigenvalue weighted by atomic mass is 16.3. The summed E-state index contributed by atoms with van der Waals surface area (Å²) in [6.45, 7) is 6.99. The summed E-state index contributed by atoms with van der Waals surface area (Å²) in [4.78, 5) is 14.5. The standard InChI is InChI=1S/C23H27N5O3/c1-14(2)17-11-18(20(30)12-19(17)29)22-25-26-23(21(24)31)28(22)16-7-5-15(6-8-16)13-27-9-3-4-10-27/h5-8,11-12,14,29-30H,3-4,9-10,13H2,1-2H3,(H2,24,31). The second-order valence-corrected chi connectivity index (χ2v) is 8.28. The Morgan fingerprint density at radius 2 is 1.74 bits per heavy atom. The van der Waals surface area contributed by atoms with Gasteiger partial charge in [0.15, 0.2) is 5.82 Å². The molecule has 0 atom stereocenters. The molecular weight excluding hydrogens is 394 g/mol. The molecule has 0 bridgehead atoms. The Bertz CT molecular complexity index is 1100. The van der Waals surface area contributed by atoms with Crippen LogP contribution in [0.2, 0.25) is 0 Å². The van der Waals surface area contributed by atoms with Crippen LogP contribution in [0.3, 0.4) is 0 Å². The number of hydrogen-bond donors (Lipinski definition) is 3. The number of benzene rings is 2. The minimum Gasteiger partial charge on any atom is -0.508 e. The van der Waals surface area contributed by atoms with Gasteiger partial charge in [-0.3, -0.25) is 14.3 Å². The number of nitrogens with zero attached hydrogens (tertiary/aromatic N) is 4. The SMILES string of the molecule is CC(C)c1cc(-c2nnc(C(N)=O)n2-c2ccc(CN3CCCC3)cc2)c(O)cc1O. The number of amides is 1. The van der Waals surface area contributed by atoms with Gasteiger partial charge in [-0.05, 0) is 61.2 Å². The maximum absolute atomic E-state index is 12.0. The van der Waals surface area contributed by atoms with Crippen LogP contribution < -0.4 is 5.73 Å². The summed E-state index contributed by atoms with van der Waals surface area (Å²) in [5.41, 5.74) is 8.41. The van der Waals surface area contributed by atoms with Gasteiger partial charge in [0, 0.05) is 18.3 Å². The molecular formula is C23H27N5O3. The molecule has 8 nitrogen and oxygen atoms in total. The minimum absolute atomic E-state index is 0.00343. The van der Waals surface area contributed by atoms with Gasteiger partial charge in [-0.2, -0.15) is 0 Å². The predicted octanol–water partition coefficient (Wildman–Crippen LogP) is 3.16. The molecule has 3 aromatic rings. The molecule has 1 aliphatic heterocycles. The fraction of sp³-hybridized carbons (Fsp3) is 0.348. The monoisotopic (exact) mass is 421 g/mol. The van der Waals surface area contributed by atoms with Crippen molar-refractivity contribution < 1.29 is 15.0 Å². The lowest BCUT2D eigenvalue weighted by atomic mass is 9.98. The van der Waals surface area contributed by atoms with Crippen LogP contribution in [0.5, 0.6) is 11.5 Å². The van der Waals surface area contributed by atoms with E-state index < -0.39 is 5.91 Å². The van der Waals surface area contributed by atoms with Crippen LogP contribution in [0.1, 0.15) is 54.4 Å². The fourth-order valence-corrected chi connectivity index (χ4v) is 4.05. The lowest BCUT2D eigenvalue weighted by molar-refractivity contribution is 0.0988. The van der Waals surface area contributed by atoms with Gasteiger partial charge in [-0.15, -0.1) is 10.2 Å². The number of aromatic hydroxyl groups is 2. The highest BCUT2D eigenvalue weighted by Gasteiger charge is 2.23. The molecule has 0 radical (unpaired) electrons. The quantitative estimate of drug-likeness (QED) is 0.563. The number of aromatic nitrogens is 3. The van der Waals surface area contributed by atoms with Crippen molar-refractivity contribution in [1.29, 1.82) is 0 Å². The second-order valence-electron chi connectivity index (χ2n) is 8.28. The first-order chi connectivity index (χ1) is 14.8. The summed E-state index contributed by atoms with van der Waals surface area (Å²) >= 11 is 0. The number of rotatable bonds is 6. The number of primary amides is 1. The topological polar surface area (TPSA) is 118 Å². The van der Waals surface area contributed by atoms with Crippen molar-refractivity contribution in [3.05, 3.63) is 53.3 Å². The molecule has 2 heterocycles. The molecule has 4 rings (SSSR count). The van der Waals surface area contributed by atoms with Crippen LogP contribution in [0.25, 0.3) is 17.1 Å². The third kappa shape index (κ3) is 4.11. The van der Waals surface area contributed by atoms with Gasteiger partial charge >= 0.3 is 0 Å². The van der Waals surface area contributed by atoms with Gasteiger partial charge in [0.2, 0.25) is 5.82 Å². The summed E-state index contributed by atoms with van der Waals surface area (Å²) in [5.74, 6) is -0.597. The van der Waals surface area contributed by atoms with Crippen LogP contribution in [0, 0.1) is 0 Å². The Labute approximate surface area is 181 Å². The van der Waals surface area contributed by atoms with Gasteiger partial charge in [-0.1, -0.05) is 26.0 Å². The molecule has 1 saturated heterocycles. The average molecular weight is 422 g/mol. The van der Waals surface area contributed by atoms with Crippen LogP contribution >= 0.6 is 0 Å². The van der Waals surface area contributed by atoms with Crippen LogP contribution in [0.15, 0.2) is 36.4 Å². The van der Waals surface area contributed by atoms with Gasteiger partial charge < -0.3 is 15.9 Å². The van der Waals surface area contributed by atoms with E-state index in [1.54, 1.807) is 6.07 Å². The van der Waals surface area contributed by atoms with Gasteiger partial charge in [0.25, 0.3) is 5.91 Å². The normalized spacial score (nSPS) is 14.4. The van der Waals surface area contributed by atoms with E-state index in [0.717, 1.165) is 19.6 Å². The van der Waals surface area contributed by atoms with Gasteiger partial charge in [-0.25, -0.2) is 0 Å². The maximum atomic E-state index is 12.0. The Hall–Kier alpha value is -3.39. The smallest absolute Gasteiger partial charge is 0.287 e. The highest BCUT2D eigenvalue weighted by Crippen LogP contribution is 2.38. The largest absolute Gasteiger partial charge is 0.508 e. The zero-order chi connectivity index (χ0) is 22.1. The first kappa shape index (κ1) is 20.9. The lowest BCUT2D eigenvalue weighted by Crippen LogP contribution is -2.19. The van der Waals surface area contributed by atoms with E-state index in [-0.39, 0.29) is 29.1 Å². The molecule has 0 unspecified atom stereocenters. The van der Waals surface area contributed by atoms with E-state index in [0.29, 0.717) is 16.8 Å². The summed E-state index contributed by atoms with van der Waals surface area (Å²) in [6.07, 6.45) is 2.47. The Balaban J connectivity index is 1.77. The van der Waals surface area contributed by atoms with Crippen molar-refractivity contribution in [3.63, 3.8) is 0 Å². The van der Waals surface area contributed by atoms with Crippen molar-refractivity contribution >= 4 is 5.91 Å². The second kappa shape index (κ2) is 8.39. The third-order valence-corrected chi connectivity index (χ3v) is 5.69. The summed E-state index contributed by atoms with van der Waals surface area (Å²) in [5, 5.41) is 28.8. The molecule has 4 N–H and O–H groups in total. The summed E-state index contributed by atoms with van der Waals surface area (Å²) in [7, 11) is 0. The summed E-state index contributed by atoms with van der Waals surface area (Å²) in [6, 6.07) is 10.8. The van der Waals surface area contributed by atoms with Crippen LogP contribution in [-0.2, 0) is 6.54 Å². The van der Waals surface area contributed by atoms with Gasteiger partial charge in [0.05, 0.1) is 5.56 Å². The zero-order valence-electron chi connectivity index (χ0n) is 17.7. The lowest BCUT2D eigenvalue weighted by Gasteiger charge is -2.16. The Morgan fingerprint density at radius 1 is 1.06 bits per heavy atom.